The SMILES string of the molecule is Cc1ccc(C(O)c2ccoc2)c(C)n1. The fraction of sp³-hybridized carbons (Fsp3) is 0.250. The summed E-state index contributed by atoms with van der Waals surface area (Å²) in [5.41, 5.74) is 3.38. The molecule has 2 aromatic heterocycles. The Labute approximate surface area is 88.4 Å². The molecule has 3 nitrogen and oxygen atoms in total. The van der Waals surface area contributed by atoms with E-state index in [0.717, 1.165) is 22.5 Å². The molecule has 0 aromatic carbocycles. The zero-order valence-corrected chi connectivity index (χ0v) is 8.77. The van der Waals surface area contributed by atoms with E-state index < -0.39 is 6.10 Å². The average Bonchev–Trinajstić information content (AvgIpc) is 2.69. The molecule has 0 radical (unpaired) electrons. The maximum atomic E-state index is 10.1. The third-order valence-corrected chi connectivity index (χ3v) is 2.42. The Morgan fingerprint density at radius 2 is 2.07 bits per heavy atom. The zero-order chi connectivity index (χ0) is 10.8. The first-order valence-corrected chi connectivity index (χ1v) is 4.83. The van der Waals surface area contributed by atoms with E-state index in [4.69, 9.17) is 4.42 Å². The molecule has 0 aliphatic heterocycles. The number of aliphatic hydroxyl groups is 1. The number of hydrogen-bond donors (Lipinski definition) is 1. The molecule has 2 aromatic rings. The van der Waals surface area contributed by atoms with Crippen LogP contribution in [0.4, 0.5) is 0 Å². The van der Waals surface area contributed by atoms with E-state index in [2.05, 4.69) is 4.98 Å². The minimum Gasteiger partial charge on any atom is -0.472 e. The van der Waals surface area contributed by atoms with Crippen molar-refractivity contribution < 1.29 is 9.52 Å². The van der Waals surface area contributed by atoms with E-state index in [1.807, 2.05) is 26.0 Å². The molecule has 0 bridgehead atoms. The smallest absolute Gasteiger partial charge is 0.109 e. The largest absolute Gasteiger partial charge is 0.472 e. The number of aromatic nitrogens is 1. The fourth-order valence-corrected chi connectivity index (χ4v) is 1.60. The predicted molar refractivity (Wildman–Crippen MR) is 56.5 cm³/mol. The van der Waals surface area contributed by atoms with Crippen LogP contribution in [0.25, 0.3) is 0 Å². The van der Waals surface area contributed by atoms with Gasteiger partial charge in [-0.25, -0.2) is 0 Å². The van der Waals surface area contributed by atoms with Gasteiger partial charge in [-0.05, 0) is 26.0 Å². The van der Waals surface area contributed by atoms with Crippen LogP contribution in [-0.4, -0.2) is 10.1 Å². The van der Waals surface area contributed by atoms with Gasteiger partial charge in [-0.1, -0.05) is 6.07 Å². The molecule has 78 valence electrons. The summed E-state index contributed by atoms with van der Waals surface area (Å²) in [7, 11) is 0. The Bertz CT molecular complexity index is 449. The summed E-state index contributed by atoms with van der Waals surface area (Å²) in [4.78, 5) is 4.31. The standard InChI is InChI=1S/C12H13NO2/c1-8-3-4-11(9(2)13-8)12(14)10-5-6-15-7-10/h3-7,12,14H,1-2H3. The van der Waals surface area contributed by atoms with Gasteiger partial charge in [-0.3, -0.25) is 4.98 Å². The molecule has 0 amide bonds. The minimum absolute atomic E-state index is 0.656. The van der Waals surface area contributed by atoms with Gasteiger partial charge >= 0.3 is 0 Å². The Balaban J connectivity index is 2.38. The summed E-state index contributed by atoms with van der Waals surface area (Å²) in [6.07, 6.45) is 2.44. The molecule has 3 heteroatoms. The van der Waals surface area contributed by atoms with E-state index >= 15 is 0 Å². The number of rotatable bonds is 2. The molecule has 2 rings (SSSR count). The Kier molecular flexibility index (Phi) is 2.56. The molecule has 0 saturated heterocycles. The molecule has 0 aliphatic rings. The van der Waals surface area contributed by atoms with Crippen LogP contribution < -0.4 is 0 Å². The van der Waals surface area contributed by atoms with Crippen LogP contribution in [0, 0.1) is 13.8 Å². The molecule has 0 aliphatic carbocycles. The normalized spacial score (nSPS) is 12.7. The summed E-state index contributed by atoms with van der Waals surface area (Å²) in [6.45, 7) is 3.83. The van der Waals surface area contributed by atoms with Gasteiger partial charge in [0.25, 0.3) is 0 Å². The second kappa shape index (κ2) is 3.87. The maximum absolute atomic E-state index is 10.1. The third-order valence-electron chi connectivity index (χ3n) is 2.42. The first-order valence-electron chi connectivity index (χ1n) is 4.83. The molecule has 1 N–H and O–H groups in total. The van der Waals surface area contributed by atoms with Crippen molar-refractivity contribution in [3.8, 4) is 0 Å². The van der Waals surface area contributed by atoms with Gasteiger partial charge in [-0.15, -0.1) is 0 Å². The van der Waals surface area contributed by atoms with E-state index in [1.165, 1.54) is 0 Å². The molecule has 0 spiro atoms. The van der Waals surface area contributed by atoms with Crippen LogP contribution in [0.2, 0.25) is 0 Å². The molecule has 2 heterocycles. The lowest BCUT2D eigenvalue weighted by Gasteiger charge is -2.11. The van der Waals surface area contributed by atoms with Gasteiger partial charge in [-0.2, -0.15) is 0 Å². The fourth-order valence-electron chi connectivity index (χ4n) is 1.60. The molecular weight excluding hydrogens is 190 g/mol. The first kappa shape index (κ1) is 9.93. The van der Waals surface area contributed by atoms with E-state index in [9.17, 15) is 5.11 Å². The zero-order valence-electron chi connectivity index (χ0n) is 8.77. The number of nitrogens with zero attached hydrogens (tertiary/aromatic N) is 1. The lowest BCUT2D eigenvalue weighted by Crippen LogP contribution is -2.02. The summed E-state index contributed by atoms with van der Waals surface area (Å²) in [6, 6.07) is 5.55. The van der Waals surface area contributed by atoms with Crippen molar-refractivity contribution in [2.24, 2.45) is 0 Å². The number of aliphatic hydroxyl groups excluding tert-OH is 1. The second-order valence-corrected chi connectivity index (χ2v) is 3.59. The summed E-state index contributed by atoms with van der Waals surface area (Å²) in [5.74, 6) is 0. The highest BCUT2D eigenvalue weighted by atomic mass is 16.3. The molecule has 15 heavy (non-hydrogen) atoms. The van der Waals surface area contributed by atoms with Crippen LogP contribution in [0.1, 0.15) is 28.6 Å². The Hall–Kier alpha value is -1.61. The average molecular weight is 203 g/mol. The lowest BCUT2D eigenvalue weighted by atomic mass is 10.0. The van der Waals surface area contributed by atoms with Crippen molar-refractivity contribution in [3.63, 3.8) is 0 Å². The molecular formula is C12H13NO2. The highest BCUT2D eigenvalue weighted by Gasteiger charge is 2.14. The van der Waals surface area contributed by atoms with Gasteiger partial charge < -0.3 is 9.52 Å². The summed E-state index contributed by atoms with van der Waals surface area (Å²) < 4.78 is 4.94. The van der Waals surface area contributed by atoms with Gasteiger partial charge in [0.05, 0.1) is 12.5 Å². The van der Waals surface area contributed by atoms with Crippen molar-refractivity contribution in [1.82, 2.24) is 4.98 Å². The van der Waals surface area contributed by atoms with E-state index in [-0.39, 0.29) is 0 Å². The summed E-state index contributed by atoms with van der Waals surface area (Å²) >= 11 is 0. The minimum atomic E-state index is -0.656. The lowest BCUT2D eigenvalue weighted by molar-refractivity contribution is 0.218. The van der Waals surface area contributed by atoms with Crippen molar-refractivity contribution in [2.45, 2.75) is 20.0 Å². The molecule has 0 fully saturated rings. The van der Waals surface area contributed by atoms with Gasteiger partial charge in [0.15, 0.2) is 0 Å². The van der Waals surface area contributed by atoms with Crippen LogP contribution in [-0.2, 0) is 0 Å². The molecule has 1 unspecified atom stereocenters. The van der Waals surface area contributed by atoms with Crippen molar-refractivity contribution in [2.75, 3.05) is 0 Å². The van der Waals surface area contributed by atoms with Crippen LogP contribution in [0.5, 0.6) is 0 Å². The number of pyridine rings is 1. The van der Waals surface area contributed by atoms with Crippen molar-refractivity contribution >= 4 is 0 Å². The van der Waals surface area contributed by atoms with E-state index in [0.29, 0.717) is 0 Å². The number of hydrogen-bond acceptors (Lipinski definition) is 3. The number of furan rings is 1. The van der Waals surface area contributed by atoms with Gasteiger partial charge in [0.1, 0.15) is 6.10 Å². The van der Waals surface area contributed by atoms with Crippen molar-refractivity contribution in [3.05, 3.63) is 53.2 Å². The highest BCUT2D eigenvalue weighted by Crippen LogP contribution is 2.24. The van der Waals surface area contributed by atoms with Gasteiger partial charge in [0.2, 0.25) is 0 Å². The second-order valence-electron chi connectivity index (χ2n) is 3.59. The Morgan fingerprint density at radius 1 is 1.27 bits per heavy atom. The van der Waals surface area contributed by atoms with Gasteiger partial charge in [0, 0.05) is 22.5 Å². The monoisotopic (exact) mass is 203 g/mol. The predicted octanol–water partition coefficient (Wildman–Crippen LogP) is 2.37. The first-order chi connectivity index (χ1) is 7.18. The Morgan fingerprint density at radius 3 is 2.67 bits per heavy atom. The van der Waals surface area contributed by atoms with Crippen LogP contribution in [0.15, 0.2) is 35.1 Å². The molecule has 1 atom stereocenters. The van der Waals surface area contributed by atoms with Crippen LogP contribution in [0.3, 0.4) is 0 Å². The quantitative estimate of drug-likeness (QED) is 0.815. The molecule has 0 saturated carbocycles. The third kappa shape index (κ3) is 1.92. The van der Waals surface area contributed by atoms with E-state index in [1.54, 1.807) is 18.6 Å². The topological polar surface area (TPSA) is 46.3 Å². The van der Waals surface area contributed by atoms with Crippen LogP contribution >= 0.6 is 0 Å². The highest BCUT2D eigenvalue weighted by molar-refractivity contribution is 5.30. The summed E-state index contributed by atoms with van der Waals surface area (Å²) in [5, 5.41) is 10.1. The van der Waals surface area contributed by atoms with Crippen molar-refractivity contribution in [1.29, 1.82) is 0 Å². The number of aryl methyl sites for hydroxylation is 2. The maximum Gasteiger partial charge on any atom is 0.109 e.